The lowest BCUT2D eigenvalue weighted by molar-refractivity contribution is -0.120. The first-order valence-electron chi connectivity index (χ1n) is 6.69. The van der Waals surface area contributed by atoms with Gasteiger partial charge in [-0.3, -0.25) is 9.59 Å². The minimum Gasteiger partial charge on any atom is -0.310 e. The molecular weight excluding hydrogens is 286 g/mol. The van der Waals surface area contributed by atoms with Gasteiger partial charge in [-0.15, -0.1) is 0 Å². The Kier molecular flexibility index (Phi) is 3.79. The average molecular weight is 301 g/mol. The second kappa shape index (κ2) is 5.73. The molecule has 1 atom stereocenters. The maximum absolute atomic E-state index is 12.2. The number of aromatic nitrogens is 2. The molecule has 2 N–H and O–H groups in total. The third-order valence-electron chi connectivity index (χ3n) is 3.57. The molecule has 5 nitrogen and oxygen atoms in total. The van der Waals surface area contributed by atoms with E-state index in [1.165, 1.54) is 11.8 Å². The molecule has 1 unspecified atom stereocenters. The van der Waals surface area contributed by atoms with E-state index in [1.54, 1.807) is 0 Å². The fourth-order valence-electron chi connectivity index (χ4n) is 2.49. The number of fused-ring (bicyclic) bond motifs is 1. The Morgan fingerprint density at radius 3 is 2.76 bits per heavy atom. The number of amides is 1. The predicted molar refractivity (Wildman–Crippen MR) is 82.6 cm³/mol. The van der Waals surface area contributed by atoms with E-state index in [-0.39, 0.29) is 17.4 Å². The zero-order valence-corrected chi connectivity index (χ0v) is 12.4. The van der Waals surface area contributed by atoms with Gasteiger partial charge in [-0.25, -0.2) is 4.98 Å². The van der Waals surface area contributed by atoms with Crippen molar-refractivity contribution >= 4 is 23.5 Å². The van der Waals surface area contributed by atoms with E-state index in [9.17, 15) is 9.59 Å². The third kappa shape index (κ3) is 2.85. The van der Waals surface area contributed by atoms with Crippen LogP contribution >= 0.6 is 11.8 Å². The number of aromatic amines is 1. The second-order valence-corrected chi connectivity index (χ2v) is 5.78. The first-order chi connectivity index (χ1) is 10.2. The summed E-state index contributed by atoms with van der Waals surface area (Å²) in [6, 6.07) is 9.81. The van der Waals surface area contributed by atoms with E-state index in [0.717, 1.165) is 5.56 Å². The molecule has 3 rings (SSSR count). The van der Waals surface area contributed by atoms with Gasteiger partial charge in [0, 0.05) is 5.92 Å². The van der Waals surface area contributed by atoms with Gasteiger partial charge >= 0.3 is 0 Å². The summed E-state index contributed by atoms with van der Waals surface area (Å²) < 4.78 is 0. The van der Waals surface area contributed by atoms with Crippen molar-refractivity contribution in [3.8, 4) is 0 Å². The molecule has 1 aromatic heterocycles. The molecule has 108 valence electrons. The Hall–Kier alpha value is -2.08. The van der Waals surface area contributed by atoms with E-state index in [2.05, 4.69) is 15.3 Å². The fourth-order valence-corrected chi connectivity index (χ4v) is 2.87. The van der Waals surface area contributed by atoms with Crippen molar-refractivity contribution in [3.63, 3.8) is 0 Å². The summed E-state index contributed by atoms with van der Waals surface area (Å²) in [6.45, 7) is 0. The summed E-state index contributed by atoms with van der Waals surface area (Å²) in [7, 11) is 0. The first-order valence-corrected chi connectivity index (χ1v) is 7.92. The van der Waals surface area contributed by atoms with Gasteiger partial charge in [0.1, 0.15) is 5.82 Å². The zero-order chi connectivity index (χ0) is 14.8. The number of hydrogen-bond donors (Lipinski definition) is 2. The van der Waals surface area contributed by atoms with Gasteiger partial charge in [-0.05, 0) is 24.7 Å². The highest BCUT2D eigenvalue weighted by Gasteiger charge is 2.29. The molecule has 2 aromatic rings. The topological polar surface area (TPSA) is 74.8 Å². The molecule has 1 aliphatic heterocycles. The quantitative estimate of drug-likeness (QED) is 0.670. The fraction of sp³-hybridized carbons (Fsp3) is 0.267. The molecule has 0 radical (unpaired) electrons. The van der Waals surface area contributed by atoms with Gasteiger partial charge in [0.05, 0.1) is 5.56 Å². The summed E-state index contributed by atoms with van der Waals surface area (Å²) in [5.74, 6) is 0.0943. The van der Waals surface area contributed by atoms with Crippen molar-refractivity contribution in [1.82, 2.24) is 9.97 Å². The number of anilines is 1. The highest BCUT2D eigenvalue weighted by Crippen LogP contribution is 2.24. The second-order valence-electron chi connectivity index (χ2n) is 4.98. The van der Waals surface area contributed by atoms with Crippen LogP contribution in [0.1, 0.15) is 11.1 Å². The summed E-state index contributed by atoms with van der Waals surface area (Å²) in [5.41, 5.74) is 1.49. The average Bonchev–Trinajstić information content (AvgIpc) is 2.49. The lowest BCUT2D eigenvalue weighted by atomic mass is 9.90. The highest BCUT2D eigenvalue weighted by molar-refractivity contribution is 7.98. The molecule has 6 heteroatoms. The van der Waals surface area contributed by atoms with Crippen LogP contribution in [0.15, 0.2) is 40.3 Å². The van der Waals surface area contributed by atoms with Crippen LogP contribution in [0.4, 0.5) is 5.82 Å². The van der Waals surface area contributed by atoms with E-state index >= 15 is 0 Å². The van der Waals surface area contributed by atoms with Gasteiger partial charge < -0.3 is 10.3 Å². The Morgan fingerprint density at radius 1 is 1.29 bits per heavy atom. The van der Waals surface area contributed by atoms with E-state index in [0.29, 0.717) is 29.4 Å². The Morgan fingerprint density at radius 2 is 2.05 bits per heavy atom. The molecule has 0 saturated heterocycles. The van der Waals surface area contributed by atoms with Crippen LogP contribution in [-0.2, 0) is 17.6 Å². The minimum atomic E-state index is -0.233. The summed E-state index contributed by atoms with van der Waals surface area (Å²) in [4.78, 5) is 31.3. The zero-order valence-electron chi connectivity index (χ0n) is 11.6. The normalized spacial score (nSPS) is 17.2. The molecule has 1 aromatic carbocycles. The van der Waals surface area contributed by atoms with Crippen molar-refractivity contribution in [2.45, 2.75) is 18.0 Å². The van der Waals surface area contributed by atoms with E-state index in [4.69, 9.17) is 0 Å². The number of hydrogen-bond acceptors (Lipinski definition) is 4. The van der Waals surface area contributed by atoms with Crippen LogP contribution in [0.2, 0.25) is 0 Å². The van der Waals surface area contributed by atoms with Gasteiger partial charge in [-0.2, -0.15) is 0 Å². The maximum atomic E-state index is 12.2. The number of H-pyrrole nitrogens is 1. The molecule has 1 amide bonds. The maximum Gasteiger partial charge on any atom is 0.256 e. The minimum absolute atomic E-state index is 0.0727. The largest absolute Gasteiger partial charge is 0.310 e. The summed E-state index contributed by atoms with van der Waals surface area (Å²) in [6.07, 6.45) is 2.87. The van der Waals surface area contributed by atoms with E-state index < -0.39 is 0 Å². The molecular formula is C15H15N3O2S. The Bertz CT molecular complexity index is 727. The Balaban J connectivity index is 1.89. The van der Waals surface area contributed by atoms with Crippen molar-refractivity contribution in [1.29, 1.82) is 0 Å². The van der Waals surface area contributed by atoms with Crippen LogP contribution < -0.4 is 10.9 Å². The molecule has 2 heterocycles. The number of benzene rings is 1. The number of carbonyl (C=O) groups is 1. The number of thioether (sulfide) groups is 1. The van der Waals surface area contributed by atoms with Crippen molar-refractivity contribution in [2.24, 2.45) is 5.92 Å². The van der Waals surface area contributed by atoms with Crippen molar-refractivity contribution in [2.75, 3.05) is 11.6 Å². The first kappa shape index (κ1) is 13.9. The van der Waals surface area contributed by atoms with Crippen molar-refractivity contribution < 1.29 is 4.79 Å². The molecule has 21 heavy (non-hydrogen) atoms. The van der Waals surface area contributed by atoms with Gasteiger partial charge in [0.2, 0.25) is 5.91 Å². The van der Waals surface area contributed by atoms with Crippen molar-refractivity contribution in [3.05, 3.63) is 51.8 Å². The number of carbonyl (C=O) groups excluding carboxylic acids is 1. The smallest absolute Gasteiger partial charge is 0.256 e. The monoisotopic (exact) mass is 301 g/mol. The van der Waals surface area contributed by atoms with Gasteiger partial charge in [0.25, 0.3) is 5.56 Å². The van der Waals surface area contributed by atoms with Crippen LogP contribution in [0, 0.1) is 5.92 Å². The van der Waals surface area contributed by atoms with Crippen LogP contribution in [-0.4, -0.2) is 22.1 Å². The summed E-state index contributed by atoms with van der Waals surface area (Å²) in [5, 5.41) is 3.28. The van der Waals surface area contributed by atoms with Gasteiger partial charge in [0.15, 0.2) is 5.16 Å². The molecule has 0 aliphatic carbocycles. The van der Waals surface area contributed by atoms with E-state index in [1.807, 2.05) is 36.6 Å². The predicted octanol–water partition coefficient (Wildman–Crippen LogP) is 1.85. The standard InChI is InChI=1S/C15H15N3O2S/c1-21-15-17-12-11(14(20)18-15)8-10(13(19)16-12)7-9-5-3-2-4-6-9/h2-6,10H,7-8H2,1H3,(H2,16,17,18,19,20). The Labute approximate surface area is 126 Å². The molecule has 0 saturated carbocycles. The number of rotatable bonds is 3. The molecule has 0 spiro atoms. The molecule has 1 aliphatic rings. The van der Waals surface area contributed by atoms with Crippen LogP contribution in [0.3, 0.4) is 0 Å². The highest BCUT2D eigenvalue weighted by atomic mass is 32.2. The van der Waals surface area contributed by atoms with Gasteiger partial charge in [-0.1, -0.05) is 42.1 Å². The lowest BCUT2D eigenvalue weighted by Crippen LogP contribution is -2.36. The summed E-state index contributed by atoms with van der Waals surface area (Å²) >= 11 is 1.34. The third-order valence-corrected chi connectivity index (χ3v) is 4.15. The number of nitrogens with one attached hydrogen (secondary N) is 2. The van der Waals surface area contributed by atoms with Crippen LogP contribution in [0.5, 0.6) is 0 Å². The lowest BCUT2D eigenvalue weighted by Gasteiger charge is -2.23. The SMILES string of the molecule is CSc1nc2c(c(=O)[nH]1)CC(Cc1ccccc1)C(=O)N2. The molecule has 0 bridgehead atoms. The van der Waals surface area contributed by atoms with Crippen LogP contribution in [0.25, 0.3) is 0 Å². The molecule has 0 fully saturated rings. The number of nitrogens with zero attached hydrogens (tertiary/aromatic N) is 1.